The van der Waals surface area contributed by atoms with Gasteiger partial charge in [0, 0.05) is 24.9 Å². The van der Waals surface area contributed by atoms with E-state index in [1.807, 2.05) is 13.8 Å². The molecule has 6 nitrogen and oxygen atoms in total. The van der Waals surface area contributed by atoms with Crippen LogP contribution in [0.4, 0.5) is 0 Å². The van der Waals surface area contributed by atoms with Crippen molar-refractivity contribution >= 4 is 17.8 Å². The molecule has 2 aliphatic rings. The first-order valence-electron chi connectivity index (χ1n) is 8.20. The van der Waals surface area contributed by atoms with Crippen LogP contribution in [0.5, 0.6) is 0 Å². The molecule has 0 bridgehead atoms. The van der Waals surface area contributed by atoms with Crippen molar-refractivity contribution in [2.45, 2.75) is 57.9 Å². The zero-order valence-corrected chi connectivity index (χ0v) is 13.4. The number of aliphatic carboxylic acids is 1. The number of rotatable bonds is 4. The van der Waals surface area contributed by atoms with Crippen LogP contribution in [0.25, 0.3) is 0 Å². The Morgan fingerprint density at radius 1 is 1.14 bits per heavy atom. The van der Waals surface area contributed by atoms with Gasteiger partial charge in [-0.15, -0.1) is 0 Å². The van der Waals surface area contributed by atoms with Crippen LogP contribution in [0.15, 0.2) is 0 Å². The lowest BCUT2D eigenvalue weighted by Crippen LogP contribution is -2.55. The second-order valence-corrected chi connectivity index (χ2v) is 6.84. The van der Waals surface area contributed by atoms with Gasteiger partial charge in [0.15, 0.2) is 0 Å². The van der Waals surface area contributed by atoms with Gasteiger partial charge in [0.1, 0.15) is 5.54 Å². The number of likely N-dealkylation sites (tertiary alicyclic amines) is 1. The average molecular weight is 310 g/mol. The average Bonchev–Trinajstić information content (AvgIpc) is 2.96. The zero-order chi connectivity index (χ0) is 16.3. The van der Waals surface area contributed by atoms with Crippen molar-refractivity contribution in [2.24, 2.45) is 11.8 Å². The second-order valence-electron chi connectivity index (χ2n) is 6.84. The Hall–Kier alpha value is -1.59. The van der Waals surface area contributed by atoms with Crippen molar-refractivity contribution in [3.8, 4) is 0 Å². The molecule has 2 N–H and O–H groups in total. The van der Waals surface area contributed by atoms with E-state index in [0.29, 0.717) is 38.8 Å². The molecule has 0 atom stereocenters. The molecule has 6 heteroatoms. The molecule has 0 aromatic heterocycles. The van der Waals surface area contributed by atoms with E-state index in [4.69, 9.17) is 0 Å². The van der Waals surface area contributed by atoms with Crippen LogP contribution in [0, 0.1) is 11.8 Å². The van der Waals surface area contributed by atoms with Crippen molar-refractivity contribution in [3.05, 3.63) is 0 Å². The van der Waals surface area contributed by atoms with E-state index in [0.717, 1.165) is 12.8 Å². The van der Waals surface area contributed by atoms with E-state index in [-0.39, 0.29) is 23.7 Å². The number of carbonyl (C=O) groups excluding carboxylic acids is 2. The summed E-state index contributed by atoms with van der Waals surface area (Å²) in [6, 6.07) is 0. The van der Waals surface area contributed by atoms with Gasteiger partial charge in [-0.3, -0.25) is 9.59 Å². The topological polar surface area (TPSA) is 86.7 Å². The summed E-state index contributed by atoms with van der Waals surface area (Å²) in [7, 11) is 0. The van der Waals surface area contributed by atoms with Crippen LogP contribution in [0.2, 0.25) is 0 Å². The maximum Gasteiger partial charge on any atom is 0.329 e. The van der Waals surface area contributed by atoms with Gasteiger partial charge in [0.05, 0.1) is 0 Å². The molecule has 0 unspecified atom stereocenters. The fourth-order valence-electron chi connectivity index (χ4n) is 3.44. The number of piperidine rings is 1. The number of hydrogen-bond acceptors (Lipinski definition) is 3. The molecule has 2 amide bonds. The van der Waals surface area contributed by atoms with Crippen LogP contribution < -0.4 is 5.32 Å². The maximum atomic E-state index is 12.4. The molecule has 0 spiro atoms. The van der Waals surface area contributed by atoms with Gasteiger partial charge in [-0.05, 0) is 25.7 Å². The Morgan fingerprint density at radius 2 is 1.68 bits per heavy atom. The molecular weight excluding hydrogens is 284 g/mol. The standard InChI is InChI=1S/C16H26N2O4/c1-11(2)14(20)18-9-5-12(6-10-18)13(19)17-16(15(21)22)7-3-4-8-16/h11-12H,3-10H2,1-2H3,(H,17,19)(H,21,22). The zero-order valence-electron chi connectivity index (χ0n) is 13.4. The summed E-state index contributed by atoms with van der Waals surface area (Å²) in [5.74, 6) is -1.18. The number of carbonyl (C=O) groups is 3. The SMILES string of the molecule is CC(C)C(=O)N1CCC(C(=O)NC2(C(=O)O)CCCC2)CC1. The van der Waals surface area contributed by atoms with E-state index >= 15 is 0 Å². The number of amides is 2. The molecule has 0 aromatic rings. The van der Waals surface area contributed by atoms with E-state index < -0.39 is 11.5 Å². The molecule has 0 aromatic carbocycles. The van der Waals surface area contributed by atoms with Crippen LogP contribution in [-0.4, -0.2) is 46.4 Å². The monoisotopic (exact) mass is 310 g/mol. The molecule has 2 rings (SSSR count). The van der Waals surface area contributed by atoms with Crippen LogP contribution in [-0.2, 0) is 14.4 Å². The lowest BCUT2D eigenvalue weighted by Gasteiger charge is -2.34. The summed E-state index contributed by atoms with van der Waals surface area (Å²) in [6.45, 7) is 4.90. The lowest BCUT2D eigenvalue weighted by atomic mass is 9.91. The minimum Gasteiger partial charge on any atom is -0.480 e. The van der Waals surface area contributed by atoms with E-state index in [1.54, 1.807) is 4.90 Å². The fourth-order valence-corrected chi connectivity index (χ4v) is 3.44. The third-order valence-corrected chi connectivity index (χ3v) is 4.90. The Bertz CT molecular complexity index is 447. The first-order valence-corrected chi connectivity index (χ1v) is 8.20. The third-order valence-electron chi connectivity index (χ3n) is 4.90. The smallest absolute Gasteiger partial charge is 0.329 e. The van der Waals surface area contributed by atoms with Crippen LogP contribution >= 0.6 is 0 Å². The molecule has 1 aliphatic carbocycles. The summed E-state index contributed by atoms with van der Waals surface area (Å²) < 4.78 is 0. The third kappa shape index (κ3) is 3.42. The summed E-state index contributed by atoms with van der Waals surface area (Å²) in [5, 5.41) is 12.2. The normalized spacial score (nSPS) is 21.9. The number of nitrogens with zero attached hydrogens (tertiary/aromatic N) is 1. The molecule has 2 fully saturated rings. The van der Waals surface area contributed by atoms with Gasteiger partial charge in [-0.2, -0.15) is 0 Å². The molecular formula is C16H26N2O4. The van der Waals surface area contributed by atoms with E-state index in [1.165, 1.54) is 0 Å². The molecule has 1 saturated carbocycles. The Kier molecular flexibility index (Phi) is 5.08. The predicted molar refractivity (Wildman–Crippen MR) is 81.1 cm³/mol. The van der Waals surface area contributed by atoms with Crippen LogP contribution in [0.3, 0.4) is 0 Å². The highest BCUT2D eigenvalue weighted by atomic mass is 16.4. The van der Waals surface area contributed by atoms with Crippen LogP contribution in [0.1, 0.15) is 52.4 Å². The molecule has 0 radical (unpaired) electrons. The molecule has 1 heterocycles. The predicted octanol–water partition coefficient (Wildman–Crippen LogP) is 1.39. The first kappa shape index (κ1) is 16.8. The molecule has 1 aliphatic heterocycles. The van der Waals surface area contributed by atoms with Crippen molar-refractivity contribution in [1.29, 1.82) is 0 Å². The van der Waals surface area contributed by atoms with Gasteiger partial charge in [0.2, 0.25) is 11.8 Å². The number of carboxylic acid groups (broad SMARTS) is 1. The number of carboxylic acids is 1. The number of nitrogens with one attached hydrogen (secondary N) is 1. The van der Waals surface area contributed by atoms with Crippen molar-refractivity contribution in [2.75, 3.05) is 13.1 Å². The van der Waals surface area contributed by atoms with Gasteiger partial charge in [0.25, 0.3) is 0 Å². The lowest BCUT2D eigenvalue weighted by molar-refractivity contribution is -0.148. The fraction of sp³-hybridized carbons (Fsp3) is 0.812. The largest absolute Gasteiger partial charge is 0.480 e. The highest BCUT2D eigenvalue weighted by Gasteiger charge is 2.43. The van der Waals surface area contributed by atoms with E-state index in [2.05, 4.69) is 5.32 Å². The summed E-state index contributed by atoms with van der Waals surface area (Å²) in [4.78, 5) is 37.6. The minimum atomic E-state index is -1.07. The summed E-state index contributed by atoms with van der Waals surface area (Å²) in [5.41, 5.74) is -1.07. The maximum absolute atomic E-state index is 12.4. The quantitative estimate of drug-likeness (QED) is 0.821. The van der Waals surface area contributed by atoms with Crippen molar-refractivity contribution < 1.29 is 19.5 Å². The molecule has 22 heavy (non-hydrogen) atoms. The van der Waals surface area contributed by atoms with Crippen molar-refractivity contribution in [3.63, 3.8) is 0 Å². The minimum absolute atomic E-state index is 0.0286. The van der Waals surface area contributed by atoms with Gasteiger partial charge < -0.3 is 15.3 Å². The Balaban J connectivity index is 1.90. The van der Waals surface area contributed by atoms with Crippen molar-refractivity contribution in [1.82, 2.24) is 10.2 Å². The summed E-state index contributed by atoms with van der Waals surface area (Å²) in [6.07, 6.45) is 3.93. The van der Waals surface area contributed by atoms with E-state index in [9.17, 15) is 19.5 Å². The van der Waals surface area contributed by atoms with Gasteiger partial charge in [-0.1, -0.05) is 26.7 Å². The highest BCUT2D eigenvalue weighted by Crippen LogP contribution is 2.31. The Morgan fingerprint density at radius 3 is 2.14 bits per heavy atom. The number of hydrogen-bond donors (Lipinski definition) is 2. The first-order chi connectivity index (χ1) is 10.4. The summed E-state index contributed by atoms with van der Waals surface area (Å²) >= 11 is 0. The van der Waals surface area contributed by atoms with Gasteiger partial charge >= 0.3 is 5.97 Å². The Labute approximate surface area is 131 Å². The molecule has 124 valence electrons. The second kappa shape index (κ2) is 6.67. The molecule has 1 saturated heterocycles. The van der Waals surface area contributed by atoms with Gasteiger partial charge in [-0.25, -0.2) is 4.79 Å². The highest BCUT2D eigenvalue weighted by molar-refractivity contribution is 5.88.